The van der Waals surface area contributed by atoms with Crippen LogP contribution in [0.2, 0.25) is 0 Å². The highest BCUT2D eigenvalue weighted by molar-refractivity contribution is 7.18. The smallest absolute Gasteiger partial charge is 0.227 e. The number of aromatic nitrogens is 2. The molecule has 108 valence electrons. The highest BCUT2D eigenvalue weighted by Gasteiger charge is 2.26. The molecule has 1 saturated carbocycles. The van der Waals surface area contributed by atoms with Crippen LogP contribution in [0.5, 0.6) is 5.88 Å². The Balaban J connectivity index is 1.93. The van der Waals surface area contributed by atoms with Crippen molar-refractivity contribution in [3.05, 3.63) is 10.9 Å². The first-order valence-electron chi connectivity index (χ1n) is 7.37. The van der Waals surface area contributed by atoms with Gasteiger partial charge in [0.15, 0.2) is 0 Å². The molecule has 2 aromatic heterocycles. The van der Waals surface area contributed by atoms with Gasteiger partial charge in [0, 0.05) is 4.88 Å². The fourth-order valence-electron chi connectivity index (χ4n) is 3.06. The Hall–Kier alpha value is -1.36. The number of hydrogen-bond acceptors (Lipinski definition) is 5. The third-order valence-electron chi connectivity index (χ3n) is 4.12. The molecule has 0 aromatic carbocycles. The van der Waals surface area contributed by atoms with Gasteiger partial charge in [-0.05, 0) is 44.6 Å². The Morgan fingerprint density at radius 2 is 2.15 bits per heavy atom. The van der Waals surface area contributed by atoms with Gasteiger partial charge in [-0.2, -0.15) is 4.98 Å². The van der Waals surface area contributed by atoms with Crippen molar-refractivity contribution in [2.24, 2.45) is 5.92 Å². The highest BCUT2D eigenvalue weighted by Crippen LogP contribution is 2.35. The summed E-state index contributed by atoms with van der Waals surface area (Å²) in [6, 6.07) is 2.10. The van der Waals surface area contributed by atoms with Gasteiger partial charge in [0.05, 0.1) is 5.39 Å². The second kappa shape index (κ2) is 5.56. The molecule has 5 heteroatoms. The Labute approximate surface area is 123 Å². The molecule has 0 bridgehead atoms. The van der Waals surface area contributed by atoms with Crippen molar-refractivity contribution in [3.8, 4) is 5.88 Å². The number of fused-ring (bicyclic) bond motifs is 1. The number of rotatable bonds is 3. The third kappa shape index (κ3) is 2.59. The Morgan fingerprint density at radius 1 is 1.35 bits per heavy atom. The minimum Gasteiger partial charge on any atom is -0.473 e. The van der Waals surface area contributed by atoms with E-state index in [-0.39, 0.29) is 6.10 Å². The summed E-state index contributed by atoms with van der Waals surface area (Å²) in [5, 5.41) is 1.00. The van der Waals surface area contributed by atoms with Gasteiger partial charge in [-0.3, -0.25) is 0 Å². The average Bonchev–Trinajstić information content (AvgIpc) is 2.79. The summed E-state index contributed by atoms with van der Waals surface area (Å²) in [7, 11) is 0. The van der Waals surface area contributed by atoms with E-state index >= 15 is 0 Å². The van der Waals surface area contributed by atoms with Crippen LogP contribution < -0.4 is 10.5 Å². The van der Waals surface area contributed by atoms with Gasteiger partial charge in [-0.15, -0.1) is 11.3 Å². The van der Waals surface area contributed by atoms with Gasteiger partial charge in [-0.1, -0.05) is 13.3 Å². The van der Waals surface area contributed by atoms with Crippen molar-refractivity contribution in [3.63, 3.8) is 0 Å². The molecule has 0 saturated heterocycles. The second-order valence-electron chi connectivity index (χ2n) is 5.57. The molecular formula is C15H21N3OS. The normalized spacial score (nSPS) is 23.1. The summed E-state index contributed by atoms with van der Waals surface area (Å²) in [5.74, 6) is 1.61. The van der Waals surface area contributed by atoms with E-state index in [1.165, 1.54) is 24.1 Å². The van der Waals surface area contributed by atoms with E-state index in [1.807, 2.05) is 0 Å². The van der Waals surface area contributed by atoms with Gasteiger partial charge < -0.3 is 10.5 Å². The number of aryl methyl sites for hydroxylation is 1. The highest BCUT2D eigenvalue weighted by atomic mass is 32.1. The van der Waals surface area contributed by atoms with Crippen molar-refractivity contribution in [1.29, 1.82) is 0 Å². The molecule has 2 heterocycles. The zero-order valence-corrected chi connectivity index (χ0v) is 12.9. The first-order chi connectivity index (χ1) is 9.67. The molecule has 2 unspecified atom stereocenters. The maximum absolute atomic E-state index is 6.24. The fourth-order valence-corrected chi connectivity index (χ4v) is 3.94. The number of anilines is 1. The molecule has 0 aliphatic heterocycles. The largest absolute Gasteiger partial charge is 0.473 e. The molecule has 1 fully saturated rings. The molecule has 1 aliphatic rings. The van der Waals surface area contributed by atoms with Crippen molar-refractivity contribution in [2.45, 2.75) is 52.1 Å². The summed E-state index contributed by atoms with van der Waals surface area (Å²) >= 11 is 1.64. The minimum atomic E-state index is 0.270. The average molecular weight is 291 g/mol. The van der Waals surface area contributed by atoms with Gasteiger partial charge in [0.25, 0.3) is 0 Å². The molecule has 2 N–H and O–H groups in total. The van der Waals surface area contributed by atoms with Crippen molar-refractivity contribution in [2.75, 3.05) is 5.73 Å². The molecule has 4 nitrogen and oxygen atoms in total. The monoisotopic (exact) mass is 291 g/mol. The minimum absolute atomic E-state index is 0.270. The topological polar surface area (TPSA) is 61.0 Å². The van der Waals surface area contributed by atoms with Crippen molar-refractivity contribution in [1.82, 2.24) is 9.97 Å². The van der Waals surface area contributed by atoms with E-state index in [9.17, 15) is 0 Å². The zero-order chi connectivity index (χ0) is 14.1. The Kier molecular flexibility index (Phi) is 3.78. The van der Waals surface area contributed by atoms with Gasteiger partial charge in [-0.25, -0.2) is 4.98 Å². The SMILES string of the molecule is CCC1CCCCC1Oc1nc(N)nc2sc(C)cc12. The Bertz CT molecular complexity index is 610. The van der Waals surface area contributed by atoms with Crippen LogP contribution in [0.3, 0.4) is 0 Å². The molecule has 3 rings (SSSR count). The first-order valence-corrected chi connectivity index (χ1v) is 8.19. The van der Waals surface area contributed by atoms with E-state index in [1.54, 1.807) is 11.3 Å². The van der Waals surface area contributed by atoms with E-state index in [0.29, 0.717) is 17.7 Å². The molecular weight excluding hydrogens is 270 g/mol. The standard InChI is InChI=1S/C15H21N3OS/c1-3-10-6-4-5-7-12(10)19-13-11-8-9(2)20-14(11)18-15(16)17-13/h8,10,12H,3-7H2,1-2H3,(H2,16,17,18). The molecule has 20 heavy (non-hydrogen) atoms. The van der Waals surface area contributed by atoms with Crippen LogP contribution in [0, 0.1) is 12.8 Å². The molecule has 1 aliphatic carbocycles. The van der Waals surface area contributed by atoms with Crippen LogP contribution in [-0.2, 0) is 0 Å². The zero-order valence-electron chi connectivity index (χ0n) is 12.1. The van der Waals surface area contributed by atoms with Crippen LogP contribution in [0.25, 0.3) is 10.2 Å². The maximum atomic E-state index is 6.24. The van der Waals surface area contributed by atoms with Crippen LogP contribution in [0.15, 0.2) is 6.07 Å². The Morgan fingerprint density at radius 3 is 2.95 bits per heavy atom. The van der Waals surface area contributed by atoms with E-state index < -0.39 is 0 Å². The summed E-state index contributed by atoms with van der Waals surface area (Å²) in [5.41, 5.74) is 5.81. The summed E-state index contributed by atoms with van der Waals surface area (Å²) in [4.78, 5) is 10.8. The lowest BCUT2D eigenvalue weighted by Gasteiger charge is -2.30. The lowest BCUT2D eigenvalue weighted by Crippen LogP contribution is -2.30. The lowest BCUT2D eigenvalue weighted by atomic mass is 9.85. The first kappa shape index (κ1) is 13.6. The summed E-state index contributed by atoms with van der Waals surface area (Å²) in [6.07, 6.45) is 6.37. The second-order valence-corrected chi connectivity index (χ2v) is 6.81. The van der Waals surface area contributed by atoms with Crippen LogP contribution in [0.4, 0.5) is 5.95 Å². The number of nitrogens with zero attached hydrogens (tertiary/aromatic N) is 2. The molecule has 2 aromatic rings. The van der Waals surface area contributed by atoms with Crippen LogP contribution in [-0.4, -0.2) is 16.1 Å². The summed E-state index contributed by atoms with van der Waals surface area (Å²) in [6.45, 7) is 4.31. The van der Waals surface area contributed by atoms with E-state index in [0.717, 1.165) is 23.1 Å². The number of hydrogen-bond donors (Lipinski definition) is 1. The third-order valence-corrected chi connectivity index (χ3v) is 5.07. The summed E-state index contributed by atoms with van der Waals surface area (Å²) < 4.78 is 6.24. The molecule has 0 spiro atoms. The number of ether oxygens (including phenoxy) is 1. The number of nitrogens with two attached hydrogens (primary N) is 1. The van der Waals surface area contributed by atoms with E-state index in [4.69, 9.17) is 10.5 Å². The lowest BCUT2D eigenvalue weighted by molar-refractivity contribution is 0.0876. The molecule has 0 radical (unpaired) electrons. The quantitative estimate of drug-likeness (QED) is 0.930. The number of thiophene rings is 1. The molecule has 2 atom stereocenters. The van der Waals surface area contributed by atoms with Crippen molar-refractivity contribution < 1.29 is 4.74 Å². The van der Waals surface area contributed by atoms with E-state index in [2.05, 4.69) is 29.9 Å². The van der Waals surface area contributed by atoms with Crippen LogP contribution >= 0.6 is 11.3 Å². The number of nitrogen functional groups attached to an aromatic ring is 1. The maximum Gasteiger partial charge on any atom is 0.227 e. The fraction of sp³-hybridized carbons (Fsp3) is 0.600. The van der Waals surface area contributed by atoms with Crippen LogP contribution in [0.1, 0.15) is 43.9 Å². The molecule has 0 amide bonds. The van der Waals surface area contributed by atoms with Gasteiger partial charge in [0.1, 0.15) is 10.9 Å². The van der Waals surface area contributed by atoms with Crippen molar-refractivity contribution >= 4 is 27.5 Å². The predicted octanol–water partition coefficient (Wildman–Crippen LogP) is 3.93. The van der Waals surface area contributed by atoms with Gasteiger partial charge in [0.2, 0.25) is 11.8 Å². The van der Waals surface area contributed by atoms with Gasteiger partial charge >= 0.3 is 0 Å². The predicted molar refractivity (Wildman–Crippen MR) is 83.2 cm³/mol.